The molecule has 1 saturated heterocycles. The van der Waals surface area contributed by atoms with Gasteiger partial charge in [0.05, 0.1) is 6.10 Å². The molecule has 0 saturated carbocycles. The Morgan fingerprint density at radius 2 is 2.33 bits per heavy atom. The molecule has 1 unspecified atom stereocenters. The summed E-state index contributed by atoms with van der Waals surface area (Å²) < 4.78 is 5.56. The Morgan fingerprint density at radius 1 is 1.53 bits per heavy atom. The Bertz CT molecular complexity index is 283. The zero-order valence-electron chi connectivity index (χ0n) is 9.15. The number of hydrogen-bond donors (Lipinski definition) is 1. The van der Waals surface area contributed by atoms with E-state index in [1.807, 2.05) is 24.5 Å². The fraction of sp³-hybridized carbons (Fsp3) is 0.583. The van der Waals surface area contributed by atoms with Gasteiger partial charge in [0.15, 0.2) is 0 Å². The third-order valence-corrected chi connectivity index (χ3v) is 2.88. The summed E-state index contributed by atoms with van der Waals surface area (Å²) in [4.78, 5) is 4.01. The average molecular weight is 206 g/mol. The standard InChI is InChI=1S/C12H18N2O/c1-10(11-4-6-13-7-5-11)14-9-12-3-2-8-15-12/h4-7,10,12,14H,2-3,8-9H2,1H3/t10-,12?/m0/s1. The van der Waals surface area contributed by atoms with Crippen molar-refractivity contribution in [2.24, 2.45) is 0 Å². The van der Waals surface area contributed by atoms with Crippen molar-refractivity contribution >= 4 is 0 Å². The van der Waals surface area contributed by atoms with E-state index in [1.54, 1.807) is 0 Å². The van der Waals surface area contributed by atoms with Crippen LogP contribution in [0.4, 0.5) is 0 Å². The van der Waals surface area contributed by atoms with Gasteiger partial charge < -0.3 is 10.1 Å². The number of nitrogens with one attached hydrogen (secondary N) is 1. The molecule has 1 aromatic heterocycles. The van der Waals surface area contributed by atoms with Crippen molar-refractivity contribution in [3.63, 3.8) is 0 Å². The van der Waals surface area contributed by atoms with E-state index in [9.17, 15) is 0 Å². The first kappa shape index (κ1) is 10.6. The van der Waals surface area contributed by atoms with Crippen molar-refractivity contribution in [3.05, 3.63) is 30.1 Å². The summed E-state index contributed by atoms with van der Waals surface area (Å²) >= 11 is 0. The van der Waals surface area contributed by atoms with Crippen molar-refractivity contribution in [1.82, 2.24) is 10.3 Å². The van der Waals surface area contributed by atoms with E-state index in [2.05, 4.69) is 17.2 Å². The molecule has 0 aromatic carbocycles. The highest BCUT2D eigenvalue weighted by molar-refractivity contribution is 5.13. The van der Waals surface area contributed by atoms with E-state index in [4.69, 9.17) is 4.74 Å². The van der Waals surface area contributed by atoms with Crippen molar-refractivity contribution in [2.45, 2.75) is 31.9 Å². The van der Waals surface area contributed by atoms with Crippen LogP contribution in [0.2, 0.25) is 0 Å². The molecule has 2 atom stereocenters. The van der Waals surface area contributed by atoms with Crippen LogP contribution in [0, 0.1) is 0 Å². The van der Waals surface area contributed by atoms with Gasteiger partial charge in [0.1, 0.15) is 0 Å². The minimum Gasteiger partial charge on any atom is -0.377 e. The maximum atomic E-state index is 5.56. The van der Waals surface area contributed by atoms with E-state index < -0.39 is 0 Å². The molecule has 0 spiro atoms. The molecule has 82 valence electrons. The smallest absolute Gasteiger partial charge is 0.0700 e. The number of hydrogen-bond acceptors (Lipinski definition) is 3. The molecule has 0 radical (unpaired) electrons. The summed E-state index contributed by atoms with van der Waals surface area (Å²) in [5.41, 5.74) is 1.28. The molecule has 1 aromatic rings. The van der Waals surface area contributed by atoms with E-state index in [-0.39, 0.29) is 0 Å². The maximum Gasteiger partial charge on any atom is 0.0700 e. The van der Waals surface area contributed by atoms with E-state index >= 15 is 0 Å². The SMILES string of the molecule is C[C@H](NCC1CCCO1)c1ccncc1. The lowest BCUT2D eigenvalue weighted by Crippen LogP contribution is -2.28. The lowest BCUT2D eigenvalue weighted by Gasteiger charge is -2.16. The summed E-state index contributed by atoms with van der Waals surface area (Å²) in [6, 6.07) is 4.47. The lowest BCUT2D eigenvalue weighted by molar-refractivity contribution is 0.108. The molecule has 3 nitrogen and oxygen atoms in total. The molecule has 0 bridgehead atoms. The second kappa shape index (κ2) is 5.24. The third kappa shape index (κ3) is 3.01. The van der Waals surface area contributed by atoms with Crippen LogP contribution in [0.15, 0.2) is 24.5 Å². The third-order valence-electron chi connectivity index (χ3n) is 2.88. The normalized spacial score (nSPS) is 22.9. The first-order valence-electron chi connectivity index (χ1n) is 5.61. The highest BCUT2D eigenvalue weighted by atomic mass is 16.5. The van der Waals surface area contributed by atoms with Gasteiger partial charge in [-0.05, 0) is 37.5 Å². The van der Waals surface area contributed by atoms with Gasteiger partial charge in [-0.1, -0.05) is 0 Å². The van der Waals surface area contributed by atoms with Crippen LogP contribution in [0.3, 0.4) is 0 Å². The molecular weight excluding hydrogens is 188 g/mol. The van der Waals surface area contributed by atoms with Crippen LogP contribution in [0.5, 0.6) is 0 Å². The van der Waals surface area contributed by atoms with Crippen LogP contribution < -0.4 is 5.32 Å². The molecule has 2 heterocycles. The van der Waals surface area contributed by atoms with Gasteiger partial charge in [0, 0.05) is 31.6 Å². The van der Waals surface area contributed by atoms with Crippen LogP contribution >= 0.6 is 0 Å². The van der Waals surface area contributed by atoms with Crippen LogP contribution in [-0.2, 0) is 4.74 Å². The predicted octanol–water partition coefficient (Wildman–Crippen LogP) is 1.91. The second-order valence-corrected chi connectivity index (χ2v) is 4.05. The van der Waals surface area contributed by atoms with Crippen molar-refractivity contribution in [1.29, 1.82) is 0 Å². The average Bonchev–Trinajstić information content (AvgIpc) is 2.80. The number of aromatic nitrogens is 1. The topological polar surface area (TPSA) is 34.1 Å². The Morgan fingerprint density at radius 3 is 3.00 bits per heavy atom. The van der Waals surface area contributed by atoms with E-state index in [0.717, 1.165) is 13.2 Å². The highest BCUT2D eigenvalue weighted by Gasteiger charge is 2.16. The highest BCUT2D eigenvalue weighted by Crippen LogP contribution is 2.14. The largest absolute Gasteiger partial charge is 0.377 e. The minimum absolute atomic E-state index is 0.372. The van der Waals surface area contributed by atoms with Crippen molar-refractivity contribution in [3.8, 4) is 0 Å². The van der Waals surface area contributed by atoms with Crippen molar-refractivity contribution in [2.75, 3.05) is 13.2 Å². The number of ether oxygens (including phenoxy) is 1. The zero-order chi connectivity index (χ0) is 10.5. The van der Waals surface area contributed by atoms with Gasteiger partial charge in [-0.3, -0.25) is 4.98 Å². The fourth-order valence-corrected chi connectivity index (χ4v) is 1.88. The van der Waals surface area contributed by atoms with E-state index in [1.165, 1.54) is 18.4 Å². The van der Waals surface area contributed by atoms with Crippen molar-refractivity contribution < 1.29 is 4.74 Å². The molecular formula is C12H18N2O. The number of pyridine rings is 1. The summed E-state index contributed by atoms with van der Waals surface area (Å²) in [6.07, 6.45) is 6.47. The number of rotatable bonds is 4. The van der Waals surface area contributed by atoms with Crippen LogP contribution in [-0.4, -0.2) is 24.2 Å². The zero-order valence-corrected chi connectivity index (χ0v) is 9.15. The molecule has 1 N–H and O–H groups in total. The van der Waals surface area contributed by atoms with Gasteiger partial charge in [-0.15, -0.1) is 0 Å². The Kier molecular flexibility index (Phi) is 3.69. The van der Waals surface area contributed by atoms with Gasteiger partial charge in [0.25, 0.3) is 0 Å². The summed E-state index contributed by atoms with van der Waals surface area (Å²) in [6.45, 7) is 4.05. The Hall–Kier alpha value is -0.930. The van der Waals surface area contributed by atoms with E-state index in [0.29, 0.717) is 12.1 Å². The molecule has 2 rings (SSSR count). The molecule has 1 aliphatic heterocycles. The van der Waals surface area contributed by atoms with Gasteiger partial charge in [0.2, 0.25) is 0 Å². The number of nitrogens with zero attached hydrogens (tertiary/aromatic N) is 1. The fourth-order valence-electron chi connectivity index (χ4n) is 1.88. The lowest BCUT2D eigenvalue weighted by atomic mass is 10.1. The summed E-state index contributed by atoms with van der Waals surface area (Å²) in [5, 5.41) is 3.49. The molecule has 1 aliphatic rings. The van der Waals surface area contributed by atoms with Gasteiger partial charge in [-0.2, -0.15) is 0 Å². The Balaban J connectivity index is 1.79. The maximum absolute atomic E-state index is 5.56. The van der Waals surface area contributed by atoms with Gasteiger partial charge in [-0.25, -0.2) is 0 Å². The molecule has 15 heavy (non-hydrogen) atoms. The minimum atomic E-state index is 0.372. The van der Waals surface area contributed by atoms with Crippen LogP contribution in [0.25, 0.3) is 0 Å². The summed E-state index contributed by atoms with van der Waals surface area (Å²) in [7, 11) is 0. The molecule has 3 heteroatoms. The quantitative estimate of drug-likeness (QED) is 0.817. The second-order valence-electron chi connectivity index (χ2n) is 4.05. The molecule has 1 fully saturated rings. The summed E-state index contributed by atoms with van der Waals surface area (Å²) in [5.74, 6) is 0. The van der Waals surface area contributed by atoms with Crippen LogP contribution in [0.1, 0.15) is 31.4 Å². The first-order valence-corrected chi connectivity index (χ1v) is 5.61. The predicted molar refractivity (Wildman–Crippen MR) is 59.6 cm³/mol. The monoisotopic (exact) mass is 206 g/mol. The Labute approximate surface area is 90.9 Å². The first-order chi connectivity index (χ1) is 7.36. The van der Waals surface area contributed by atoms with Gasteiger partial charge >= 0.3 is 0 Å². The molecule has 0 amide bonds. The molecule has 0 aliphatic carbocycles.